The summed E-state index contributed by atoms with van der Waals surface area (Å²) in [5.41, 5.74) is 0.678. The number of carbonyl (C=O) groups is 1. The maximum absolute atomic E-state index is 11.1. The fraction of sp³-hybridized carbons (Fsp3) is 0.545. The number of hydrogen-bond donors (Lipinski definition) is 2. The van der Waals surface area contributed by atoms with Crippen molar-refractivity contribution in [1.82, 2.24) is 9.97 Å². The number of hydrogen-bond acceptors (Lipinski definition) is 6. The Kier molecular flexibility index (Phi) is 4.99. The van der Waals surface area contributed by atoms with E-state index >= 15 is 0 Å². The van der Waals surface area contributed by atoms with Crippen molar-refractivity contribution >= 4 is 5.97 Å². The van der Waals surface area contributed by atoms with Crippen LogP contribution in [0.15, 0.2) is 12.3 Å². The third kappa shape index (κ3) is 4.08. The molecule has 6 nitrogen and oxygen atoms in total. The van der Waals surface area contributed by atoms with Crippen LogP contribution in [0.1, 0.15) is 31.0 Å². The van der Waals surface area contributed by atoms with E-state index in [-0.39, 0.29) is 18.9 Å². The topological polar surface area (TPSA) is 92.5 Å². The lowest BCUT2D eigenvalue weighted by Crippen LogP contribution is -2.24. The lowest BCUT2D eigenvalue weighted by atomic mass is 10.1. The monoisotopic (exact) mass is 240 g/mol. The quantitative estimate of drug-likeness (QED) is 0.711. The van der Waals surface area contributed by atoms with Crippen LogP contribution in [-0.4, -0.2) is 38.9 Å². The van der Waals surface area contributed by atoms with Crippen molar-refractivity contribution in [2.75, 3.05) is 6.61 Å². The first-order valence-electron chi connectivity index (χ1n) is 5.36. The Labute approximate surface area is 99.3 Å². The lowest BCUT2D eigenvalue weighted by molar-refractivity contribution is -0.147. The molecule has 0 radical (unpaired) electrons. The molecule has 1 heterocycles. The molecule has 0 spiro atoms. The van der Waals surface area contributed by atoms with Crippen LogP contribution in [0.3, 0.4) is 0 Å². The summed E-state index contributed by atoms with van der Waals surface area (Å²) >= 11 is 0. The van der Waals surface area contributed by atoms with E-state index in [2.05, 4.69) is 14.7 Å². The van der Waals surface area contributed by atoms with E-state index in [0.29, 0.717) is 5.69 Å². The van der Waals surface area contributed by atoms with Gasteiger partial charge in [0.25, 0.3) is 0 Å². The Bertz CT molecular complexity index is 383. The first kappa shape index (κ1) is 13.5. The predicted molar refractivity (Wildman–Crippen MR) is 59.0 cm³/mol. The molecule has 17 heavy (non-hydrogen) atoms. The summed E-state index contributed by atoms with van der Waals surface area (Å²) in [6, 6.07) is 1.67. The number of aryl methyl sites for hydroxylation is 1. The number of aromatic nitrogens is 2. The van der Waals surface area contributed by atoms with Gasteiger partial charge in [-0.15, -0.1) is 0 Å². The van der Waals surface area contributed by atoms with E-state index in [9.17, 15) is 15.0 Å². The molecule has 0 saturated heterocycles. The fourth-order valence-corrected chi connectivity index (χ4v) is 1.29. The molecule has 0 fully saturated rings. The highest BCUT2D eigenvalue weighted by molar-refractivity contribution is 5.70. The highest BCUT2D eigenvalue weighted by Gasteiger charge is 2.24. The maximum atomic E-state index is 11.1. The van der Waals surface area contributed by atoms with Gasteiger partial charge in [-0.2, -0.15) is 0 Å². The Morgan fingerprint density at radius 3 is 2.82 bits per heavy atom. The van der Waals surface area contributed by atoms with Crippen LogP contribution in [0.5, 0.6) is 0 Å². The van der Waals surface area contributed by atoms with E-state index in [4.69, 9.17) is 0 Å². The van der Waals surface area contributed by atoms with Crippen molar-refractivity contribution in [1.29, 1.82) is 0 Å². The van der Waals surface area contributed by atoms with Crippen molar-refractivity contribution in [3.8, 4) is 0 Å². The summed E-state index contributed by atoms with van der Waals surface area (Å²) in [7, 11) is 0. The molecule has 0 saturated carbocycles. The van der Waals surface area contributed by atoms with Crippen LogP contribution in [-0.2, 0) is 9.53 Å². The van der Waals surface area contributed by atoms with Crippen LogP contribution in [0.25, 0.3) is 0 Å². The minimum absolute atomic E-state index is 0.0989. The third-order valence-corrected chi connectivity index (χ3v) is 2.12. The second kappa shape index (κ2) is 6.27. The zero-order valence-corrected chi connectivity index (χ0v) is 9.83. The van der Waals surface area contributed by atoms with Crippen molar-refractivity contribution in [3.05, 3.63) is 23.8 Å². The summed E-state index contributed by atoms with van der Waals surface area (Å²) in [5.74, 6) is -0.464. The summed E-state index contributed by atoms with van der Waals surface area (Å²) in [4.78, 5) is 18.9. The van der Waals surface area contributed by atoms with Crippen molar-refractivity contribution in [2.24, 2.45) is 0 Å². The van der Waals surface area contributed by atoms with Crippen molar-refractivity contribution in [3.63, 3.8) is 0 Å². The summed E-state index contributed by atoms with van der Waals surface area (Å²) in [6.07, 6.45) is -1.36. The second-order valence-electron chi connectivity index (χ2n) is 3.58. The normalized spacial score (nSPS) is 14.1. The first-order chi connectivity index (χ1) is 8.04. The molecule has 6 heteroatoms. The minimum atomic E-state index is -1.29. The molecule has 1 aromatic heterocycles. The molecule has 0 aliphatic carbocycles. The Morgan fingerprint density at radius 2 is 2.24 bits per heavy atom. The van der Waals surface area contributed by atoms with E-state index < -0.39 is 18.2 Å². The SMILES string of the molecule is CCOC(=O)CC(O)C(O)c1nccc(C)n1. The smallest absolute Gasteiger partial charge is 0.308 e. The molecule has 0 aliphatic rings. The number of nitrogens with zero attached hydrogens (tertiary/aromatic N) is 2. The Balaban J connectivity index is 2.63. The van der Waals surface area contributed by atoms with Gasteiger partial charge >= 0.3 is 5.97 Å². The molecular formula is C11H16N2O4. The number of aliphatic hydroxyl groups is 2. The average Bonchev–Trinajstić information content (AvgIpc) is 2.28. The Morgan fingerprint density at radius 1 is 1.53 bits per heavy atom. The lowest BCUT2D eigenvalue weighted by Gasteiger charge is -2.15. The zero-order chi connectivity index (χ0) is 12.8. The zero-order valence-electron chi connectivity index (χ0n) is 9.83. The molecule has 94 valence electrons. The van der Waals surface area contributed by atoms with Gasteiger partial charge in [0.05, 0.1) is 19.1 Å². The summed E-state index contributed by atoms with van der Waals surface area (Å²) in [5, 5.41) is 19.4. The largest absolute Gasteiger partial charge is 0.466 e. The van der Waals surface area contributed by atoms with Gasteiger partial charge in [0.15, 0.2) is 5.82 Å². The summed E-state index contributed by atoms with van der Waals surface area (Å²) in [6.45, 7) is 3.66. The highest BCUT2D eigenvalue weighted by atomic mass is 16.5. The van der Waals surface area contributed by atoms with Gasteiger partial charge in [-0.25, -0.2) is 9.97 Å². The van der Waals surface area contributed by atoms with Crippen LogP contribution in [0.2, 0.25) is 0 Å². The van der Waals surface area contributed by atoms with Gasteiger partial charge in [0.2, 0.25) is 0 Å². The van der Waals surface area contributed by atoms with Crippen LogP contribution in [0.4, 0.5) is 0 Å². The van der Waals surface area contributed by atoms with Gasteiger partial charge in [-0.1, -0.05) is 0 Å². The average molecular weight is 240 g/mol. The number of aliphatic hydroxyl groups excluding tert-OH is 2. The first-order valence-corrected chi connectivity index (χ1v) is 5.36. The van der Waals surface area contributed by atoms with Crippen LogP contribution >= 0.6 is 0 Å². The molecule has 0 aromatic carbocycles. The highest BCUT2D eigenvalue weighted by Crippen LogP contribution is 2.15. The van der Waals surface area contributed by atoms with E-state index in [0.717, 1.165) is 0 Å². The fourth-order valence-electron chi connectivity index (χ4n) is 1.29. The standard InChI is InChI=1S/C11H16N2O4/c1-3-17-9(15)6-8(14)10(16)11-12-5-4-7(2)13-11/h4-5,8,10,14,16H,3,6H2,1-2H3. The van der Waals surface area contributed by atoms with Gasteiger partial charge in [-0.3, -0.25) is 4.79 Å². The molecule has 2 N–H and O–H groups in total. The second-order valence-corrected chi connectivity index (χ2v) is 3.58. The minimum Gasteiger partial charge on any atom is -0.466 e. The molecule has 1 rings (SSSR count). The van der Waals surface area contributed by atoms with Gasteiger partial charge in [-0.05, 0) is 19.9 Å². The van der Waals surface area contributed by atoms with Crippen molar-refractivity contribution < 1.29 is 19.7 Å². The van der Waals surface area contributed by atoms with Crippen LogP contribution < -0.4 is 0 Å². The van der Waals surface area contributed by atoms with Gasteiger partial charge in [0.1, 0.15) is 6.10 Å². The number of esters is 1. The molecule has 2 unspecified atom stereocenters. The van der Waals surface area contributed by atoms with E-state index in [1.54, 1.807) is 19.9 Å². The maximum Gasteiger partial charge on any atom is 0.308 e. The summed E-state index contributed by atoms with van der Waals surface area (Å²) < 4.78 is 4.67. The molecular weight excluding hydrogens is 224 g/mol. The molecule has 0 amide bonds. The molecule has 0 aliphatic heterocycles. The van der Waals surface area contributed by atoms with E-state index in [1.165, 1.54) is 6.20 Å². The van der Waals surface area contributed by atoms with Gasteiger partial charge in [0, 0.05) is 11.9 Å². The number of carbonyl (C=O) groups excluding carboxylic acids is 1. The predicted octanol–water partition coefficient (Wildman–Crippen LogP) is 0.133. The van der Waals surface area contributed by atoms with E-state index in [1.807, 2.05) is 0 Å². The number of rotatable bonds is 5. The molecule has 1 aromatic rings. The molecule has 0 bridgehead atoms. The third-order valence-electron chi connectivity index (χ3n) is 2.12. The van der Waals surface area contributed by atoms with Gasteiger partial charge < -0.3 is 14.9 Å². The van der Waals surface area contributed by atoms with Crippen molar-refractivity contribution in [2.45, 2.75) is 32.5 Å². The Hall–Kier alpha value is -1.53. The van der Waals surface area contributed by atoms with Crippen LogP contribution in [0, 0.1) is 6.92 Å². The number of ether oxygens (including phenoxy) is 1. The molecule has 2 atom stereocenters.